The minimum atomic E-state index is -1.45. The third kappa shape index (κ3) is 3.03. The Bertz CT molecular complexity index is 438. The maximum absolute atomic E-state index is 11.7. The molecule has 5 nitrogen and oxygen atoms in total. The summed E-state index contributed by atoms with van der Waals surface area (Å²) in [6, 6.07) is 0. The van der Waals surface area contributed by atoms with Crippen LogP contribution < -0.4 is 5.32 Å². The smallest absolute Gasteiger partial charge is 0.318 e. The highest BCUT2D eigenvalue weighted by Gasteiger charge is 2.36. The Labute approximate surface area is 104 Å². The maximum Gasteiger partial charge on any atom is 0.318 e. The number of amides is 1. The Morgan fingerprint density at radius 1 is 1.47 bits per heavy atom. The van der Waals surface area contributed by atoms with Crippen LogP contribution in [0.5, 0.6) is 0 Å². The van der Waals surface area contributed by atoms with E-state index in [1.807, 2.05) is 19.2 Å². The number of carboxylic acid groups (broad SMARTS) is 1. The van der Waals surface area contributed by atoms with Gasteiger partial charge in [-0.3, -0.25) is 9.59 Å². The van der Waals surface area contributed by atoms with E-state index >= 15 is 0 Å². The predicted octanol–water partition coefficient (Wildman–Crippen LogP) is 2.32. The summed E-state index contributed by atoms with van der Waals surface area (Å²) < 4.78 is 0. The van der Waals surface area contributed by atoms with Crippen LogP contribution in [0.3, 0.4) is 0 Å². The molecule has 1 rings (SSSR count). The van der Waals surface area contributed by atoms with Crippen molar-refractivity contribution in [3.8, 4) is 0 Å². The van der Waals surface area contributed by atoms with Gasteiger partial charge in [-0.25, -0.2) is 4.98 Å². The SMILES string of the molecule is CC(C)c1csc(NC(=O)C(C)(C)C(=O)O)n1. The van der Waals surface area contributed by atoms with Gasteiger partial charge >= 0.3 is 5.97 Å². The van der Waals surface area contributed by atoms with Crippen LogP contribution in [0.25, 0.3) is 0 Å². The Balaban J connectivity index is 2.78. The van der Waals surface area contributed by atoms with Gasteiger partial charge in [0.1, 0.15) is 5.41 Å². The highest BCUT2D eigenvalue weighted by molar-refractivity contribution is 7.13. The largest absolute Gasteiger partial charge is 0.480 e. The summed E-state index contributed by atoms with van der Waals surface area (Å²) >= 11 is 1.30. The van der Waals surface area contributed by atoms with E-state index in [0.29, 0.717) is 5.13 Å². The zero-order chi connectivity index (χ0) is 13.2. The summed E-state index contributed by atoms with van der Waals surface area (Å²) in [4.78, 5) is 26.8. The Morgan fingerprint density at radius 3 is 2.47 bits per heavy atom. The summed E-state index contributed by atoms with van der Waals surface area (Å²) in [5, 5.41) is 13.7. The second kappa shape index (κ2) is 4.83. The fraction of sp³-hybridized carbons (Fsp3) is 0.545. The number of thiazole rings is 1. The van der Waals surface area contributed by atoms with E-state index < -0.39 is 17.3 Å². The molecule has 0 aliphatic rings. The van der Waals surface area contributed by atoms with Crippen LogP contribution in [0.15, 0.2) is 5.38 Å². The summed E-state index contributed by atoms with van der Waals surface area (Å²) in [5.74, 6) is -1.44. The van der Waals surface area contributed by atoms with Gasteiger partial charge in [0.25, 0.3) is 0 Å². The first-order valence-corrected chi connectivity index (χ1v) is 6.13. The monoisotopic (exact) mass is 256 g/mol. The van der Waals surface area contributed by atoms with E-state index in [1.54, 1.807) is 0 Å². The highest BCUT2D eigenvalue weighted by atomic mass is 32.1. The summed E-state index contributed by atoms with van der Waals surface area (Å²) in [5.41, 5.74) is -0.567. The average molecular weight is 256 g/mol. The molecule has 0 aliphatic carbocycles. The van der Waals surface area contributed by atoms with Gasteiger partial charge < -0.3 is 10.4 Å². The van der Waals surface area contributed by atoms with Gasteiger partial charge in [-0.15, -0.1) is 11.3 Å². The third-order valence-corrected chi connectivity index (χ3v) is 3.21. The number of carbonyl (C=O) groups is 2. The van der Waals surface area contributed by atoms with E-state index in [0.717, 1.165) is 5.69 Å². The predicted molar refractivity (Wildman–Crippen MR) is 66.2 cm³/mol. The van der Waals surface area contributed by atoms with Crippen molar-refractivity contribution >= 4 is 28.3 Å². The number of carboxylic acids is 1. The molecular weight excluding hydrogens is 240 g/mol. The van der Waals surface area contributed by atoms with Crippen molar-refractivity contribution < 1.29 is 14.7 Å². The van der Waals surface area contributed by atoms with Crippen LogP contribution in [-0.4, -0.2) is 22.0 Å². The number of anilines is 1. The lowest BCUT2D eigenvalue weighted by molar-refractivity contribution is -0.151. The molecule has 0 spiro atoms. The second-order valence-corrected chi connectivity index (χ2v) is 5.47. The number of carbonyl (C=O) groups excluding carboxylic acids is 1. The molecule has 0 radical (unpaired) electrons. The average Bonchev–Trinajstić information content (AvgIpc) is 2.65. The molecule has 6 heteroatoms. The van der Waals surface area contributed by atoms with Crippen LogP contribution in [0.1, 0.15) is 39.3 Å². The molecule has 0 saturated carbocycles. The van der Waals surface area contributed by atoms with E-state index in [4.69, 9.17) is 5.11 Å². The van der Waals surface area contributed by atoms with Crippen LogP contribution >= 0.6 is 11.3 Å². The lowest BCUT2D eigenvalue weighted by Crippen LogP contribution is -2.37. The maximum atomic E-state index is 11.7. The summed E-state index contributed by atoms with van der Waals surface area (Å²) in [7, 11) is 0. The Kier molecular flexibility index (Phi) is 3.87. The molecule has 0 aromatic carbocycles. The van der Waals surface area contributed by atoms with Crippen molar-refractivity contribution in [2.75, 3.05) is 5.32 Å². The van der Waals surface area contributed by atoms with Gasteiger partial charge in [-0.1, -0.05) is 13.8 Å². The molecule has 1 aromatic heterocycles. The number of nitrogens with zero attached hydrogens (tertiary/aromatic N) is 1. The van der Waals surface area contributed by atoms with Gasteiger partial charge in [-0.2, -0.15) is 0 Å². The van der Waals surface area contributed by atoms with Crippen molar-refractivity contribution in [1.82, 2.24) is 4.98 Å². The zero-order valence-electron chi connectivity index (χ0n) is 10.3. The molecule has 17 heavy (non-hydrogen) atoms. The molecule has 0 atom stereocenters. The van der Waals surface area contributed by atoms with E-state index in [-0.39, 0.29) is 5.92 Å². The summed E-state index contributed by atoms with van der Waals surface area (Å²) in [6.45, 7) is 6.73. The van der Waals surface area contributed by atoms with Crippen LogP contribution in [0.4, 0.5) is 5.13 Å². The number of aliphatic carboxylic acids is 1. The standard InChI is InChI=1S/C11H16N2O3S/c1-6(2)7-5-17-10(12-7)13-8(14)11(3,4)9(15)16/h5-6H,1-4H3,(H,15,16)(H,12,13,14). The quantitative estimate of drug-likeness (QED) is 0.810. The van der Waals surface area contributed by atoms with Crippen molar-refractivity contribution in [1.29, 1.82) is 0 Å². The number of rotatable bonds is 4. The first kappa shape index (κ1) is 13.6. The Morgan fingerprint density at radius 2 is 2.06 bits per heavy atom. The molecule has 1 amide bonds. The molecule has 0 bridgehead atoms. The summed E-state index contributed by atoms with van der Waals surface area (Å²) in [6.07, 6.45) is 0. The van der Waals surface area contributed by atoms with E-state index in [1.165, 1.54) is 25.2 Å². The van der Waals surface area contributed by atoms with Gasteiger partial charge in [-0.05, 0) is 19.8 Å². The van der Waals surface area contributed by atoms with Crippen molar-refractivity contribution in [3.05, 3.63) is 11.1 Å². The van der Waals surface area contributed by atoms with Crippen LogP contribution in [0.2, 0.25) is 0 Å². The minimum absolute atomic E-state index is 0.282. The normalized spacial score (nSPS) is 11.6. The van der Waals surface area contributed by atoms with Gasteiger partial charge in [0.15, 0.2) is 5.13 Å². The molecule has 1 heterocycles. The zero-order valence-corrected chi connectivity index (χ0v) is 11.1. The Hall–Kier alpha value is -1.43. The lowest BCUT2D eigenvalue weighted by atomic mass is 9.93. The van der Waals surface area contributed by atoms with Gasteiger partial charge in [0.05, 0.1) is 5.69 Å². The fourth-order valence-corrected chi connectivity index (χ4v) is 1.83. The first-order valence-electron chi connectivity index (χ1n) is 5.25. The van der Waals surface area contributed by atoms with E-state index in [2.05, 4.69) is 10.3 Å². The van der Waals surface area contributed by atoms with Crippen molar-refractivity contribution in [2.45, 2.75) is 33.6 Å². The van der Waals surface area contributed by atoms with Gasteiger partial charge in [0.2, 0.25) is 5.91 Å². The topological polar surface area (TPSA) is 79.3 Å². The number of nitrogens with one attached hydrogen (secondary N) is 1. The second-order valence-electron chi connectivity index (χ2n) is 4.62. The molecule has 1 aromatic rings. The molecule has 0 unspecified atom stereocenters. The fourth-order valence-electron chi connectivity index (χ4n) is 0.959. The number of aromatic nitrogens is 1. The van der Waals surface area contributed by atoms with Gasteiger partial charge in [0, 0.05) is 5.38 Å². The minimum Gasteiger partial charge on any atom is -0.480 e. The molecule has 0 fully saturated rings. The molecule has 94 valence electrons. The van der Waals surface area contributed by atoms with Crippen molar-refractivity contribution in [2.24, 2.45) is 5.41 Å². The van der Waals surface area contributed by atoms with Crippen LogP contribution in [-0.2, 0) is 9.59 Å². The first-order chi connectivity index (χ1) is 7.75. The number of hydrogen-bond acceptors (Lipinski definition) is 4. The highest BCUT2D eigenvalue weighted by Crippen LogP contribution is 2.24. The molecule has 2 N–H and O–H groups in total. The van der Waals surface area contributed by atoms with Crippen molar-refractivity contribution in [3.63, 3.8) is 0 Å². The molecular formula is C11H16N2O3S. The van der Waals surface area contributed by atoms with E-state index in [9.17, 15) is 9.59 Å². The molecule has 0 aliphatic heterocycles. The number of hydrogen-bond donors (Lipinski definition) is 2. The molecule has 0 saturated heterocycles. The van der Waals surface area contributed by atoms with Crippen LogP contribution in [0, 0.1) is 5.41 Å². The lowest BCUT2D eigenvalue weighted by Gasteiger charge is -2.16. The third-order valence-electron chi connectivity index (χ3n) is 2.44.